The van der Waals surface area contributed by atoms with Crippen molar-refractivity contribution in [2.75, 3.05) is 26.2 Å². The Bertz CT molecular complexity index is 823. The van der Waals surface area contributed by atoms with E-state index in [1.54, 1.807) is 0 Å². The van der Waals surface area contributed by atoms with E-state index >= 15 is 0 Å². The minimum Gasteiger partial charge on any atom is -0.484 e. The number of ether oxygens (including phenoxy) is 1. The summed E-state index contributed by atoms with van der Waals surface area (Å²) in [5.74, 6) is 2.04. The Morgan fingerprint density at radius 3 is 2.66 bits per heavy atom. The van der Waals surface area contributed by atoms with Crippen molar-refractivity contribution in [1.82, 2.24) is 16.0 Å². The number of hydrogen-bond acceptors (Lipinski definition) is 4. The first-order chi connectivity index (χ1) is 15.1. The number of rotatable bonds is 12. The van der Waals surface area contributed by atoms with E-state index in [9.17, 15) is 4.79 Å². The van der Waals surface area contributed by atoms with Crippen molar-refractivity contribution in [1.29, 1.82) is 0 Å². The van der Waals surface area contributed by atoms with Crippen LogP contribution in [-0.2, 0) is 17.6 Å². The number of carbonyl (C=O) groups excluding carboxylic acids is 1. The average molecular weight is 571 g/mol. The average Bonchev–Trinajstić information content (AvgIpc) is 3.43. The SMILES string of the molecule is CCNC(=NCC(C)Cc1cccs1)NCCc1ccc(OCC(=O)NC2CC2)cc1.I. The summed E-state index contributed by atoms with van der Waals surface area (Å²) in [5, 5.41) is 11.8. The highest BCUT2D eigenvalue weighted by molar-refractivity contribution is 14.0. The van der Waals surface area contributed by atoms with E-state index in [0.29, 0.717) is 12.0 Å². The quantitative estimate of drug-likeness (QED) is 0.205. The van der Waals surface area contributed by atoms with Crippen LogP contribution >= 0.6 is 35.3 Å². The number of nitrogens with zero attached hydrogens (tertiary/aromatic N) is 1. The molecule has 1 aliphatic rings. The molecule has 0 spiro atoms. The first kappa shape index (κ1) is 26.4. The summed E-state index contributed by atoms with van der Waals surface area (Å²) in [5.41, 5.74) is 1.21. The van der Waals surface area contributed by atoms with E-state index in [-0.39, 0.29) is 36.5 Å². The van der Waals surface area contributed by atoms with Gasteiger partial charge in [0, 0.05) is 30.6 Å². The molecule has 0 saturated heterocycles. The van der Waals surface area contributed by atoms with Crippen molar-refractivity contribution in [3.63, 3.8) is 0 Å². The molecule has 1 aliphatic carbocycles. The topological polar surface area (TPSA) is 74.8 Å². The van der Waals surface area contributed by atoms with Crippen molar-refractivity contribution >= 4 is 47.2 Å². The molecule has 3 rings (SSSR count). The summed E-state index contributed by atoms with van der Waals surface area (Å²) in [6.07, 6.45) is 4.13. The fourth-order valence-corrected chi connectivity index (χ4v) is 4.02. The van der Waals surface area contributed by atoms with Crippen LogP contribution in [0.3, 0.4) is 0 Å². The van der Waals surface area contributed by atoms with E-state index in [1.807, 2.05) is 35.6 Å². The molecule has 0 aliphatic heterocycles. The summed E-state index contributed by atoms with van der Waals surface area (Å²) in [6, 6.07) is 12.6. The van der Waals surface area contributed by atoms with Crippen molar-refractivity contribution < 1.29 is 9.53 Å². The highest BCUT2D eigenvalue weighted by Crippen LogP contribution is 2.18. The molecular weight excluding hydrogens is 535 g/mol. The summed E-state index contributed by atoms with van der Waals surface area (Å²) in [6.45, 7) is 6.83. The van der Waals surface area contributed by atoms with Crippen LogP contribution in [0.1, 0.15) is 37.1 Å². The van der Waals surface area contributed by atoms with Crippen LogP contribution in [0.4, 0.5) is 0 Å². The number of aliphatic imine (C=N–C) groups is 1. The first-order valence-corrected chi connectivity index (χ1v) is 12.1. The predicted octanol–water partition coefficient (Wildman–Crippen LogP) is 4.00. The first-order valence-electron chi connectivity index (χ1n) is 11.2. The zero-order chi connectivity index (χ0) is 21.9. The second-order valence-corrected chi connectivity index (χ2v) is 9.09. The van der Waals surface area contributed by atoms with Crippen LogP contribution in [0.5, 0.6) is 5.75 Å². The van der Waals surface area contributed by atoms with Gasteiger partial charge in [0.25, 0.3) is 5.91 Å². The van der Waals surface area contributed by atoms with Gasteiger partial charge in [-0.2, -0.15) is 0 Å². The Kier molecular flexibility index (Phi) is 11.9. The molecule has 32 heavy (non-hydrogen) atoms. The summed E-state index contributed by atoms with van der Waals surface area (Å²) < 4.78 is 5.56. The third kappa shape index (κ3) is 10.2. The lowest BCUT2D eigenvalue weighted by molar-refractivity contribution is -0.123. The molecule has 1 amide bonds. The molecule has 1 aromatic carbocycles. The molecule has 0 radical (unpaired) electrons. The Labute approximate surface area is 212 Å². The number of hydrogen-bond donors (Lipinski definition) is 3. The van der Waals surface area contributed by atoms with E-state index in [0.717, 1.165) is 57.0 Å². The normalized spacial score (nSPS) is 14.2. The summed E-state index contributed by atoms with van der Waals surface area (Å²) >= 11 is 1.81. The minimum absolute atomic E-state index is 0. The van der Waals surface area contributed by atoms with Crippen LogP contribution in [0.25, 0.3) is 0 Å². The molecule has 1 fully saturated rings. The zero-order valence-electron chi connectivity index (χ0n) is 18.9. The molecule has 176 valence electrons. The maximum atomic E-state index is 11.7. The molecule has 3 N–H and O–H groups in total. The predicted molar refractivity (Wildman–Crippen MR) is 143 cm³/mol. The molecule has 1 heterocycles. The van der Waals surface area contributed by atoms with Gasteiger partial charge < -0.3 is 20.7 Å². The smallest absolute Gasteiger partial charge is 0.258 e. The molecule has 1 saturated carbocycles. The zero-order valence-corrected chi connectivity index (χ0v) is 22.1. The summed E-state index contributed by atoms with van der Waals surface area (Å²) in [7, 11) is 0. The number of amides is 1. The standard InChI is InChI=1S/C24H34N4O2S.HI/c1-3-25-24(27-16-18(2)15-22-5-4-14-31-22)26-13-12-19-6-10-21(11-7-19)30-17-23(29)28-20-8-9-20;/h4-7,10-11,14,18,20H,3,8-9,12-13,15-17H2,1-2H3,(H,28,29)(H2,25,26,27);1H. The van der Waals surface area contributed by atoms with Crippen LogP contribution in [0, 0.1) is 5.92 Å². The fraction of sp³-hybridized carbons (Fsp3) is 0.500. The minimum atomic E-state index is -0.0456. The Morgan fingerprint density at radius 2 is 2.00 bits per heavy atom. The molecule has 1 atom stereocenters. The second-order valence-electron chi connectivity index (χ2n) is 8.06. The van der Waals surface area contributed by atoms with Crippen LogP contribution in [0.15, 0.2) is 46.8 Å². The van der Waals surface area contributed by atoms with Crippen molar-refractivity contribution in [3.05, 3.63) is 52.2 Å². The molecular formula is C24H35IN4O2S. The lowest BCUT2D eigenvalue weighted by Crippen LogP contribution is -2.38. The van der Waals surface area contributed by atoms with Crippen LogP contribution in [0.2, 0.25) is 0 Å². The van der Waals surface area contributed by atoms with Gasteiger partial charge in [-0.1, -0.05) is 25.1 Å². The molecule has 0 bridgehead atoms. The Morgan fingerprint density at radius 1 is 1.22 bits per heavy atom. The molecule has 6 nitrogen and oxygen atoms in total. The van der Waals surface area contributed by atoms with Crippen LogP contribution in [-0.4, -0.2) is 44.1 Å². The van der Waals surface area contributed by atoms with Crippen molar-refractivity contribution in [3.8, 4) is 5.75 Å². The fourth-order valence-electron chi connectivity index (χ4n) is 3.15. The molecule has 8 heteroatoms. The number of nitrogens with one attached hydrogen (secondary N) is 3. The lowest BCUT2D eigenvalue weighted by Gasteiger charge is -2.13. The van der Waals surface area contributed by atoms with Gasteiger partial charge in [-0.05, 0) is 67.7 Å². The Hall–Kier alpha value is -1.81. The maximum absolute atomic E-state index is 11.7. The van der Waals surface area contributed by atoms with Gasteiger partial charge in [-0.15, -0.1) is 35.3 Å². The summed E-state index contributed by atoms with van der Waals surface area (Å²) in [4.78, 5) is 17.9. The largest absolute Gasteiger partial charge is 0.484 e. The number of carbonyl (C=O) groups is 1. The van der Waals surface area contributed by atoms with Gasteiger partial charge >= 0.3 is 0 Å². The van der Waals surface area contributed by atoms with Gasteiger partial charge in [-0.3, -0.25) is 9.79 Å². The van der Waals surface area contributed by atoms with Crippen molar-refractivity contribution in [2.45, 2.75) is 45.6 Å². The lowest BCUT2D eigenvalue weighted by atomic mass is 10.1. The monoisotopic (exact) mass is 570 g/mol. The number of thiophene rings is 1. The van der Waals surface area contributed by atoms with Gasteiger partial charge in [0.15, 0.2) is 12.6 Å². The highest BCUT2D eigenvalue weighted by Gasteiger charge is 2.23. The van der Waals surface area contributed by atoms with E-state index in [4.69, 9.17) is 9.73 Å². The second kappa shape index (κ2) is 14.4. The third-order valence-electron chi connectivity index (χ3n) is 4.98. The highest BCUT2D eigenvalue weighted by atomic mass is 127. The molecule has 2 aromatic rings. The third-order valence-corrected chi connectivity index (χ3v) is 5.88. The number of guanidine groups is 1. The van der Waals surface area contributed by atoms with Gasteiger partial charge in [-0.25, -0.2) is 0 Å². The van der Waals surface area contributed by atoms with Gasteiger partial charge in [0.1, 0.15) is 5.75 Å². The molecule has 1 unspecified atom stereocenters. The van der Waals surface area contributed by atoms with E-state index in [1.165, 1.54) is 10.4 Å². The Balaban J connectivity index is 0.00000363. The van der Waals surface area contributed by atoms with E-state index < -0.39 is 0 Å². The number of benzene rings is 1. The maximum Gasteiger partial charge on any atom is 0.258 e. The van der Waals surface area contributed by atoms with Gasteiger partial charge in [0.05, 0.1) is 0 Å². The number of halogens is 1. The van der Waals surface area contributed by atoms with E-state index in [2.05, 4.69) is 47.3 Å². The van der Waals surface area contributed by atoms with Crippen LogP contribution < -0.4 is 20.7 Å². The molecule has 1 aromatic heterocycles. The van der Waals surface area contributed by atoms with Gasteiger partial charge in [0.2, 0.25) is 0 Å². The van der Waals surface area contributed by atoms with Crippen molar-refractivity contribution in [2.24, 2.45) is 10.9 Å².